The van der Waals surface area contributed by atoms with E-state index in [2.05, 4.69) is 10.3 Å². The number of sulfonamides is 1. The molecule has 1 aromatic heterocycles. The fraction of sp³-hybridized carbons (Fsp3) is 0.227. The highest BCUT2D eigenvalue weighted by Crippen LogP contribution is 2.34. The third-order valence-electron chi connectivity index (χ3n) is 5.35. The molecule has 1 aliphatic heterocycles. The van der Waals surface area contributed by atoms with E-state index in [0.29, 0.717) is 35.2 Å². The fourth-order valence-electron chi connectivity index (χ4n) is 3.77. The summed E-state index contributed by atoms with van der Waals surface area (Å²) in [4.78, 5) is 4.28. The molecule has 5 nitrogen and oxygen atoms in total. The van der Waals surface area contributed by atoms with Crippen molar-refractivity contribution in [1.29, 1.82) is 0 Å². The first-order chi connectivity index (χ1) is 14.4. The summed E-state index contributed by atoms with van der Waals surface area (Å²) < 4.78 is 28.7. The van der Waals surface area contributed by atoms with Gasteiger partial charge in [0, 0.05) is 42.6 Å². The van der Waals surface area contributed by atoms with Crippen LogP contribution in [0.2, 0.25) is 10.0 Å². The van der Waals surface area contributed by atoms with E-state index < -0.39 is 10.0 Å². The van der Waals surface area contributed by atoms with Crippen molar-refractivity contribution in [2.24, 2.45) is 0 Å². The van der Waals surface area contributed by atoms with Gasteiger partial charge in [-0.15, -0.1) is 0 Å². The zero-order chi connectivity index (χ0) is 21.3. The van der Waals surface area contributed by atoms with Crippen LogP contribution in [0.3, 0.4) is 0 Å². The maximum absolute atomic E-state index is 13.6. The van der Waals surface area contributed by atoms with Gasteiger partial charge in [0.05, 0.1) is 16.0 Å². The topological polar surface area (TPSA) is 62.3 Å². The molecule has 1 N–H and O–H groups in total. The molecule has 0 bridgehead atoms. The summed E-state index contributed by atoms with van der Waals surface area (Å²) in [6.07, 6.45) is 3.29. The molecule has 1 aliphatic rings. The van der Waals surface area contributed by atoms with Crippen molar-refractivity contribution in [3.8, 4) is 11.1 Å². The molecule has 1 unspecified atom stereocenters. The van der Waals surface area contributed by atoms with Crippen LogP contribution < -0.4 is 5.32 Å². The van der Waals surface area contributed by atoms with Crippen LogP contribution in [-0.4, -0.2) is 37.3 Å². The average molecular weight is 462 g/mol. The van der Waals surface area contributed by atoms with Gasteiger partial charge in [-0.05, 0) is 47.9 Å². The Morgan fingerprint density at radius 2 is 1.90 bits per heavy atom. The number of nitrogens with zero attached hydrogens (tertiary/aromatic N) is 2. The summed E-state index contributed by atoms with van der Waals surface area (Å²) >= 11 is 12.5. The number of nitrogens with one attached hydrogen (secondary N) is 1. The van der Waals surface area contributed by atoms with E-state index in [4.69, 9.17) is 23.2 Å². The van der Waals surface area contributed by atoms with Crippen molar-refractivity contribution < 1.29 is 8.42 Å². The van der Waals surface area contributed by atoms with E-state index in [1.165, 1.54) is 0 Å². The zero-order valence-corrected chi connectivity index (χ0v) is 18.7. The molecule has 3 aromatic rings. The SMILES string of the molecule is Cc1c(Cl)cccc1S(=O)(=O)N1CCNCC1c1cccc(-c2ccncc2Cl)c1. The van der Waals surface area contributed by atoms with E-state index in [9.17, 15) is 8.42 Å². The summed E-state index contributed by atoms with van der Waals surface area (Å²) in [5.74, 6) is 0. The predicted octanol–water partition coefficient (Wildman–Crippen LogP) is 4.70. The number of halogens is 2. The monoisotopic (exact) mass is 461 g/mol. The van der Waals surface area contributed by atoms with Crippen molar-refractivity contribution in [3.63, 3.8) is 0 Å². The second-order valence-corrected chi connectivity index (χ2v) is 9.85. The van der Waals surface area contributed by atoms with E-state index in [1.807, 2.05) is 30.3 Å². The number of pyridine rings is 1. The molecule has 0 radical (unpaired) electrons. The molecule has 30 heavy (non-hydrogen) atoms. The lowest BCUT2D eigenvalue weighted by Crippen LogP contribution is -2.48. The van der Waals surface area contributed by atoms with Crippen LogP contribution in [0.15, 0.2) is 65.8 Å². The van der Waals surface area contributed by atoms with E-state index in [-0.39, 0.29) is 10.9 Å². The van der Waals surface area contributed by atoms with Crippen molar-refractivity contribution in [1.82, 2.24) is 14.6 Å². The second kappa shape index (κ2) is 8.65. The minimum absolute atomic E-state index is 0.246. The molecular formula is C22H21Cl2N3O2S. The Labute approximate surface area is 186 Å². The molecule has 156 valence electrons. The highest BCUT2D eigenvalue weighted by atomic mass is 35.5. The number of benzene rings is 2. The summed E-state index contributed by atoms with van der Waals surface area (Å²) in [6, 6.07) is 14.3. The Bertz CT molecular complexity index is 1180. The highest BCUT2D eigenvalue weighted by Gasteiger charge is 2.35. The Hall–Kier alpha value is -1.96. The first kappa shape index (κ1) is 21.3. The number of rotatable bonds is 4. The van der Waals surface area contributed by atoms with Crippen LogP contribution in [0.1, 0.15) is 17.2 Å². The zero-order valence-electron chi connectivity index (χ0n) is 16.3. The van der Waals surface area contributed by atoms with Gasteiger partial charge in [0.2, 0.25) is 10.0 Å². The Balaban J connectivity index is 1.76. The molecular weight excluding hydrogens is 441 g/mol. The maximum atomic E-state index is 13.6. The smallest absolute Gasteiger partial charge is 0.244 e. The van der Waals surface area contributed by atoms with Crippen molar-refractivity contribution in [2.75, 3.05) is 19.6 Å². The van der Waals surface area contributed by atoms with Crippen LogP contribution in [0.4, 0.5) is 0 Å². The Morgan fingerprint density at radius 3 is 2.70 bits per heavy atom. The number of hydrogen-bond donors (Lipinski definition) is 1. The minimum atomic E-state index is -3.73. The van der Waals surface area contributed by atoms with E-state index >= 15 is 0 Å². The van der Waals surface area contributed by atoms with Crippen LogP contribution in [0.25, 0.3) is 11.1 Å². The van der Waals surface area contributed by atoms with Gasteiger partial charge in [0.1, 0.15) is 0 Å². The molecule has 0 saturated carbocycles. The van der Waals surface area contributed by atoms with Crippen molar-refractivity contribution in [3.05, 3.63) is 82.1 Å². The van der Waals surface area contributed by atoms with Crippen molar-refractivity contribution >= 4 is 33.2 Å². The predicted molar refractivity (Wildman–Crippen MR) is 120 cm³/mol. The summed E-state index contributed by atoms with van der Waals surface area (Å²) in [5.41, 5.74) is 3.24. The van der Waals surface area contributed by atoms with Crippen molar-refractivity contribution in [2.45, 2.75) is 17.9 Å². The first-order valence-corrected chi connectivity index (χ1v) is 11.8. The van der Waals surface area contributed by atoms with Crippen LogP contribution >= 0.6 is 23.2 Å². The quantitative estimate of drug-likeness (QED) is 0.611. The molecule has 2 heterocycles. The average Bonchev–Trinajstić information content (AvgIpc) is 2.76. The second-order valence-electron chi connectivity index (χ2n) is 7.18. The molecule has 8 heteroatoms. The standard InChI is InChI=1S/C22H21Cl2N3O2S/c1-15-19(23)6-3-7-22(15)30(28,29)27-11-10-26-14-21(27)17-5-2-4-16(12-17)18-8-9-25-13-20(18)24/h2-9,12-13,21,26H,10-11,14H2,1H3. The first-order valence-electron chi connectivity index (χ1n) is 9.57. The van der Waals surface area contributed by atoms with Gasteiger partial charge in [-0.3, -0.25) is 4.98 Å². The number of hydrogen-bond acceptors (Lipinski definition) is 4. The minimum Gasteiger partial charge on any atom is -0.313 e. The van der Waals surface area contributed by atoms with Gasteiger partial charge < -0.3 is 5.32 Å². The molecule has 0 amide bonds. The summed E-state index contributed by atoms with van der Waals surface area (Å²) in [5, 5.41) is 4.31. The van der Waals surface area contributed by atoms with Gasteiger partial charge >= 0.3 is 0 Å². The molecule has 0 spiro atoms. The lowest BCUT2D eigenvalue weighted by atomic mass is 9.99. The lowest BCUT2D eigenvalue weighted by Gasteiger charge is -2.36. The molecule has 1 fully saturated rings. The lowest BCUT2D eigenvalue weighted by molar-refractivity contribution is 0.271. The molecule has 0 aliphatic carbocycles. The molecule has 4 rings (SSSR count). The largest absolute Gasteiger partial charge is 0.313 e. The fourth-order valence-corrected chi connectivity index (χ4v) is 6.10. The van der Waals surface area contributed by atoms with Gasteiger partial charge in [-0.1, -0.05) is 47.5 Å². The van der Waals surface area contributed by atoms with Gasteiger partial charge in [0.25, 0.3) is 0 Å². The van der Waals surface area contributed by atoms with Gasteiger partial charge in [-0.25, -0.2) is 8.42 Å². The van der Waals surface area contributed by atoms with Gasteiger partial charge in [0.15, 0.2) is 0 Å². The van der Waals surface area contributed by atoms with Crippen LogP contribution in [0.5, 0.6) is 0 Å². The highest BCUT2D eigenvalue weighted by molar-refractivity contribution is 7.89. The molecule has 1 atom stereocenters. The third kappa shape index (κ3) is 3.98. The maximum Gasteiger partial charge on any atom is 0.244 e. The van der Waals surface area contributed by atoms with E-state index in [0.717, 1.165) is 16.7 Å². The summed E-state index contributed by atoms with van der Waals surface area (Å²) in [6.45, 7) is 3.22. The van der Waals surface area contributed by atoms with Gasteiger partial charge in [-0.2, -0.15) is 4.31 Å². The number of aromatic nitrogens is 1. The Morgan fingerprint density at radius 1 is 1.10 bits per heavy atom. The number of piperazine rings is 1. The van der Waals surface area contributed by atoms with E-state index in [1.54, 1.807) is 41.8 Å². The molecule has 1 saturated heterocycles. The molecule has 2 aromatic carbocycles. The normalized spacial score (nSPS) is 17.8. The summed E-state index contributed by atoms with van der Waals surface area (Å²) in [7, 11) is -3.73. The van der Waals surface area contributed by atoms with Crippen LogP contribution in [0, 0.1) is 6.92 Å². The third-order valence-corrected chi connectivity index (χ3v) is 8.12. The Kier molecular flexibility index (Phi) is 6.14. The van der Waals surface area contributed by atoms with Crippen LogP contribution in [-0.2, 0) is 10.0 Å².